The van der Waals surface area contributed by atoms with Gasteiger partial charge in [-0.05, 0) is 53.2 Å². The van der Waals surface area contributed by atoms with Crippen LogP contribution in [0.25, 0.3) is 0 Å². The maximum Gasteiger partial charge on any atom is 0.127 e. The van der Waals surface area contributed by atoms with E-state index in [0.717, 1.165) is 13.1 Å². The van der Waals surface area contributed by atoms with Crippen LogP contribution >= 0.6 is 0 Å². The first-order chi connectivity index (χ1) is 9.61. The van der Waals surface area contributed by atoms with Gasteiger partial charge in [-0.15, -0.1) is 0 Å². The molecule has 1 unspecified atom stereocenters. The maximum absolute atomic E-state index is 4.64. The number of nitrogens with one attached hydrogen (secondary N) is 1. The van der Waals surface area contributed by atoms with Gasteiger partial charge in [0.05, 0.1) is 6.04 Å². The fourth-order valence-corrected chi connectivity index (χ4v) is 3.36. The van der Waals surface area contributed by atoms with E-state index >= 15 is 0 Å². The van der Waals surface area contributed by atoms with Gasteiger partial charge in [0.2, 0.25) is 0 Å². The third-order valence-electron chi connectivity index (χ3n) is 4.63. The van der Waals surface area contributed by atoms with Crippen LogP contribution in [-0.4, -0.2) is 39.6 Å². The number of hydrogen-bond donors (Lipinski definition) is 1. The van der Waals surface area contributed by atoms with E-state index in [-0.39, 0.29) is 11.6 Å². The monoisotopic (exact) mass is 278 g/mol. The molecule has 0 radical (unpaired) electrons. The molecule has 0 amide bonds. The number of imidazole rings is 1. The Hall–Kier alpha value is -0.870. The maximum atomic E-state index is 4.64. The average Bonchev–Trinajstić information content (AvgIpc) is 2.93. The van der Waals surface area contributed by atoms with Crippen molar-refractivity contribution in [3.05, 3.63) is 18.2 Å². The fraction of sp³-hybridized carbons (Fsp3) is 0.812. The molecule has 1 aromatic rings. The summed E-state index contributed by atoms with van der Waals surface area (Å²) < 4.78 is 2.26. The lowest BCUT2D eigenvalue weighted by molar-refractivity contribution is 0.0574. The van der Waals surface area contributed by atoms with Gasteiger partial charge in [-0.3, -0.25) is 4.90 Å². The Labute approximate surface area is 123 Å². The lowest BCUT2D eigenvalue weighted by atomic mass is 9.89. The van der Waals surface area contributed by atoms with Gasteiger partial charge in [0.1, 0.15) is 5.82 Å². The molecule has 2 heterocycles. The molecule has 1 saturated heterocycles. The second kappa shape index (κ2) is 6.72. The molecule has 0 saturated carbocycles. The Kier molecular flexibility index (Phi) is 5.22. The van der Waals surface area contributed by atoms with Gasteiger partial charge in [0, 0.05) is 24.5 Å². The van der Waals surface area contributed by atoms with Gasteiger partial charge in [-0.1, -0.05) is 13.3 Å². The number of likely N-dealkylation sites (N-methyl/N-ethyl adjacent to an activating group) is 1. The fourth-order valence-electron chi connectivity index (χ4n) is 3.36. The lowest BCUT2D eigenvalue weighted by Crippen LogP contribution is -2.55. The molecule has 2 rings (SSSR count). The molecule has 0 bridgehead atoms. The molecular weight excluding hydrogens is 248 g/mol. The lowest BCUT2D eigenvalue weighted by Gasteiger charge is -2.46. The summed E-state index contributed by atoms with van der Waals surface area (Å²) >= 11 is 0. The Morgan fingerprint density at radius 1 is 1.25 bits per heavy atom. The highest BCUT2D eigenvalue weighted by atomic mass is 15.2. The SMILES string of the molecule is CCNC(c1nccn1CC)C(C)(C)N1CCCCC1. The van der Waals surface area contributed by atoms with E-state index in [2.05, 4.69) is 53.7 Å². The van der Waals surface area contributed by atoms with Crippen molar-refractivity contribution in [3.63, 3.8) is 0 Å². The number of rotatable bonds is 6. The van der Waals surface area contributed by atoms with E-state index in [1.807, 2.05) is 6.20 Å². The topological polar surface area (TPSA) is 33.1 Å². The van der Waals surface area contributed by atoms with Gasteiger partial charge in [-0.2, -0.15) is 0 Å². The summed E-state index contributed by atoms with van der Waals surface area (Å²) in [5.41, 5.74) is 0.0920. The normalized spacial score (nSPS) is 19.2. The molecule has 1 aromatic heterocycles. The molecule has 20 heavy (non-hydrogen) atoms. The van der Waals surface area contributed by atoms with E-state index in [1.54, 1.807) is 0 Å². The van der Waals surface area contributed by atoms with Crippen LogP contribution in [0.5, 0.6) is 0 Å². The zero-order valence-corrected chi connectivity index (χ0v) is 13.5. The zero-order valence-electron chi connectivity index (χ0n) is 13.5. The third-order valence-corrected chi connectivity index (χ3v) is 4.63. The number of piperidine rings is 1. The van der Waals surface area contributed by atoms with Crippen molar-refractivity contribution in [2.24, 2.45) is 0 Å². The Morgan fingerprint density at radius 3 is 2.55 bits per heavy atom. The first kappa shape index (κ1) is 15.5. The van der Waals surface area contributed by atoms with Crippen molar-refractivity contribution in [2.75, 3.05) is 19.6 Å². The van der Waals surface area contributed by atoms with Crippen LogP contribution in [0.1, 0.15) is 58.8 Å². The molecular formula is C16H30N4. The molecule has 0 aliphatic carbocycles. The summed E-state index contributed by atoms with van der Waals surface area (Å²) in [5.74, 6) is 1.17. The van der Waals surface area contributed by atoms with Crippen LogP contribution in [0.4, 0.5) is 0 Å². The predicted molar refractivity (Wildman–Crippen MR) is 83.8 cm³/mol. The number of aryl methyl sites for hydroxylation is 1. The van der Waals surface area contributed by atoms with Crippen LogP contribution in [-0.2, 0) is 6.54 Å². The highest BCUT2D eigenvalue weighted by Gasteiger charge is 2.38. The summed E-state index contributed by atoms with van der Waals surface area (Å²) in [5, 5.41) is 3.67. The minimum absolute atomic E-state index is 0.0920. The molecule has 1 N–H and O–H groups in total. The van der Waals surface area contributed by atoms with E-state index in [9.17, 15) is 0 Å². The van der Waals surface area contributed by atoms with Gasteiger partial charge in [0.15, 0.2) is 0 Å². The predicted octanol–water partition coefficient (Wildman–Crippen LogP) is 2.82. The van der Waals surface area contributed by atoms with Crippen molar-refractivity contribution < 1.29 is 0 Å². The van der Waals surface area contributed by atoms with Crippen LogP contribution in [0.3, 0.4) is 0 Å². The van der Waals surface area contributed by atoms with Crippen LogP contribution in [0.15, 0.2) is 12.4 Å². The summed E-state index contributed by atoms with van der Waals surface area (Å²) in [4.78, 5) is 7.28. The van der Waals surface area contributed by atoms with Crippen molar-refractivity contribution in [2.45, 2.75) is 65.1 Å². The van der Waals surface area contributed by atoms with Crippen molar-refractivity contribution in [1.29, 1.82) is 0 Å². The molecule has 0 aromatic carbocycles. The van der Waals surface area contributed by atoms with Crippen LogP contribution < -0.4 is 5.32 Å². The Morgan fingerprint density at radius 2 is 1.95 bits per heavy atom. The number of nitrogens with zero attached hydrogens (tertiary/aromatic N) is 3. The van der Waals surface area contributed by atoms with Crippen LogP contribution in [0, 0.1) is 0 Å². The van der Waals surface area contributed by atoms with Gasteiger partial charge < -0.3 is 9.88 Å². The van der Waals surface area contributed by atoms with Gasteiger partial charge in [0.25, 0.3) is 0 Å². The van der Waals surface area contributed by atoms with E-state index in [4.69, 9.17) is 0 Å². The highest BCUT2D eigenvalue weighted by molar-refractivity contribution is 5.09. The standard InChI is InChI=1S/C16H30N4/c1-5-17-14(15-18-10-13-19(15)6-2)16(3,4)20-11-8-7-9-12-20/h10,13-14,17H,5-9,11-12H2,1-4H3. The molecule has 4 heteroatoms. The minimum Gasteiger partial charge on any atom is -0.334 e. The molecule has 1 atom stereocenters. The van der Waals surface area contributed by atoms with Crippen molar-refractivity contribution in [1.82, 2.24) is 19.8 Å². The van der Waals surface area contributed by atoms with Crippen molar-refractivity contribution in [3.8, 4) is 0 Å². The first-order valence-electron chi connectivity index (χ1n) is 8.10. The quantitative estimate of drug-likeness (QED) is 0.868. The van der Waals surface area contributed by atoms with E-state index < -0.39 is 0 Å². The summed E-state index contributed by atoms with van der Waals surface area (Å²) in [6, 6.07) is 0.278. The molecule has 114 valence electrons. The van der Waals surface area contributed by atoms with E-state index in [1.165, 1.54) is 38.2 Å². The van der Waals surface area contributed by atoms with E-state index in [0.29, 0.717) is 0 Å². The summed E-state index contributed by atoms with van der Waals surface area (Å²) in [7, 11) is 0. The number of likely N-dealkylation sites (tertiary alicyclic amines) is 1. The first-order valence-corrected chi connectivity index (χ1v) is 8.10. The number of aromatic nitrogens is 2. The second-order valence-electron chi connectivity index (χ2n) is 6.26. The highest BCUT2D eigenvalue weighted by Crippen LogP contribution is 2.32. The smallest absolute Gasteiger partial charge is 0.127 e. The summed E-state index contributed by atoms with van der Waals surface area (Å²) in [6.45, 7) is 13.5. The Balaban J connectivity index is 2.26. The molecule has 1 fully saturated rings. The third kappa shape index (κ3) is 3.07. The van der Waals surface area contributed by atoms with Gasteiger partial charge >= 0.3 is 0 Å². The zero-order chi connectivity index (χ0) is 14.6. The molecule has 4 nitrogen and oxygen atoms in total. The second-order valence-corrected chi connectivity index (χ2v) is 6.26. The number of hydrogen-bond acceptors (Lipinski definition) is 3. The van der Waals surface area contributed by atoms with Gasteiger partial charge in [-0.25, -0.2) is 4.98 Å². The van der Waals surface area contributed by atoms with Crippen LogP contribution in [0.2, 0.25) is 0 Å². The average molecular weight is 278 g/mol. The molecule has 1 aliphatic heterocycles. The Bertz CT molecular complexity index is 404. The molecule has 1 aliphatic rings. The van der Waals surface area contributed by atoms with Crippen molar-refractivity contribution >= 4 is 0 Å². The summed E-state index contributed by atoms with van der Waals surface area (Å²) in [6.07, 6.45) is 8.04. The largest absolute Gasteiger partial charge is 0.334 e. The minimum atomic E-state index is 0.0920. The molecule has 0 spiro atoms.